The van der Waals surface area contributed by atoms with Gasteiger partial charge in [-0.1, -0.05) is 36.9 Å². The predicted molar refractivity (Wildman–Crippen MR) is 117 cm³/mol. The molecule has 0 saturated heterocycles. The molecular weight excluding hydrogens is 402 g/mol. The number of primary amides is 1. The van der Waals surface area contributed by atoms with E-state index in [1.54, 1.807) is 18.2 Å². The molecule has 0 radical (unpaired) electrons. The van der Waals surface area contributed by atoms with E-state index in [2.05, 4.69) is 9.97 Å². The number of nitrogen functional groups attached to an aromatic ring is 1. The van der Waals surface area contributed by atoms with Gasteiger partial charge >= 0.3 is 0 Å². The van der Waals surface area contributed by atoms with Crippen molar-refractivity contribution in [3.63, 3.8) is 0 Å². The molecule has 8 nitrogen and oxygen atoms in total. The van der Waals surface area contributed by atoms with E-state index in [1.807, 2.05) is 16.3 Å². The zero-order valence-corrected chi connectivity index (χ0v) is 17.4. The fraction of sp³-hybridized carbons (Fsp3) is 0.333. The van der Waals surface area contributed by atoms with E-state index in [0.29, 0.717) is 33.2 Å². The number of carbonyl (C=O) groups is 1. The van der Waals surface area contributed by atoms with Crippen molar-refractivity contribution in [1.82, 2.24) is 24.3 Å². The van der Waals surface area contributed by atoms with Crippen LogP contribution in [-0.4, -0.2) is 30.2 Å². The highest BCUT2D eigenvalue weighted by atomic mass is 35.5. The smallest absolute Gasteiger partial charge is 0.248 e. The maximum Gasteiger partial charge on any atom is 0.248 e. The highest BCUT2D eigenvalue weighted by Gasteiger charge is 2.27. The second kappa shape index (κ2) is 6.98. The number of aryl methyl sites for hydroxylation is 1. The van der Waals surface area contributed by atoms with Crippen molar-refractivity contribution in [2.45, 2.75) is 38.1 Å². The first-order valence-corrected chi connectivity index (χ1v) is 10.4. The monoisotopic (exact) mass is 423 g/mol. The topological polar surface area (TPSA) is 118 Å². The van der Waals surface area contributed by atoms with Gasteiger partial charge in [0.2, 0.25) is 5.91 Å². The average molecular weight is 424 g/mol. The van der Waals surface area contributed by atoms with E-state index in [0.717, 1.165) is 29.4 Å². The van der Waals surface area contributed by atoms with Gasteiger partial charge < -0.3 is 16.0 Å². The molecule has 9 heteroatoms. The fourth-order valence-corrected chi connectivity index (χ4v) is 4.92. The number of rotatable bonds is 3. The number of fused-ring (bicyclic) bond motifs is 2. The van der Waals surface area contributed by atoms with Crippen LogP contribution in [-0.2, 0) is 7.05 Å². The molecule has 3 aromatic heterocycles. The first-order chi connectivity index (χ1) is 14.5. The van der Waals surface area contributed by atoms with E-state index < -0.39 is 5.91 Å². The number of nitrogens with two attached hydrogens (primary N) is 2. The molecule has 1 aliphatic carbocycles. The number of hydrogen-bond donors (Lipinski definition) is 2. The van der Waals surface area contributed by atoms with Gasteiger partial charge in [0.1, 0.15) is 17.8 Å². The highest BCUT2D eigenvalue weighted by molar-refractivity contribution is 6.39. The lowest BCUT2D eigenvalue weighted by molar-refractivity contribution is 0.100. The van der Waals surface area contributed by atoms with Crippen molar-refractivity contribution < 1.29 is 4.79 Å². The molecule has 3 heterocycles. The van der Waals surface area contributed by atoms with Crippen LogP contribution < -0.4 is 11.5 Å². The Morgan fingerprint density at radius 3 is 2.70 bits per heavy atom. The summed E-state index contributed by atoms with van der Waals surface area (Å²) in [6.45, 7) is 0. The van der Waals surface area contributed by atoms with Gasteiger partial charge in [0.15, 0.2) is 5.65 Å². The van der Waals surface area contributed by atoms with Crippen molar-refractivity contribution in [1.29, 1.82) is 0 Å². The number of benzene rings is 1. The Kier molecular flexibility index (Phi) is 4.39. The van der Waals surface area contributed by atoms with Crippen LogP contribution in [0.2, 0.25) is 5.02 Å². The number of aromatic nitrogens is 5. The van der Waals surface area contributed by atoms with Crippen molar-refractivity contribution in [2.75, 3.05) is 5.73 Å². The molecule has 0 spiro atoms. The summed E-state index contributed by atoms with van der Waals surface area (Å²) in [7, 11) is 1.89. The third-order valence-corrected chi connectivity index (χ3v) is 6.47. The van der Waals surface area contributed by atoms with E-state index in [-0.39, 0.29) is 6.04 Å². The third-order valence-electron chi connectivity index (χ3n) is 6.09. The summed E-state index contributed by atoms with van der Waals surface area (Å²) in [5, 5.41) is 7.01. The minimum Gasteiger partial charge on any atom is -0.383 e. The Morgan fingerprint density at radius 1 is 1.20 bits per heavy atom. The largest absolute Gasteiger partial charge is 0.383 e. The quantitative estimate of drug-likeness (QED) is 0.519. The van der Waals surface area contributed by atoms with Crippen LogP contribution in [0.5, 0.6) is 0 Å². The van der Waals surface area contributed by atoms with Crippen molar-refractivity contribution in [2.24, 2.45) is 12.8 Å². The molecule has 1 amide bonds. The lowest BCUT2D eigenvalue weighted by Crippen LogP contribution is -2.14. The van der Waals surface area contributed by atoms with Crippen molar-refractivity contribution in [3.8, 4) is 11.4 Å². The van der Waals surface area contributed by atoms with Gasteiger partial charge in [0.25, 0.3) is 0 Å². The van der Waals surface area contributed by atoms with Gasteiger partial charge in [-0.2, -0.15) is 5.10 Å². The SMILES string of the molecule is Cn1c(-c2nn(C3CCCCC3)c3ncnc(N)c23)c(Cl)c2ccc(C(N)=O)cc21. The van der Waals surface area contributed by atoms with Gasteiger partial charge in [-0.05, 0) is 25.0 Å². The third kappa shape index (κ3) is 2.74. The Balaban J connectivity index is 1.79. The van der Waals surface area contributed by atoms with Crippen LogP contribution in [0.25, 0.3) is 33.3 Å². The number of amides is 1. The summed E-state index contributed by atoms with van der Waals surface area (Å²) in [6, 6.07) is 5.50. The molecule has 0 bridgehead atoms. The first-order valence-electron chi connectivity index (χ1n) is 10.0. The molecule has 4 aromatic rings. The average Bonchev–Trinajstić information content (AvgIpc) is 3.25. The number of carbonyl (C=O) groups excluding carboxylic acids is 1. The van der Waals surface area contributed by atoms with Gasteiger partial charge in [-0.25, -0.2) is 14.6 Å². The number of halogens is 1. The Hall–Kier alpha value is -3.13. The molecule has 1 aromatic carbocycles. The van der Waals surface area contributed by atoms with E-state index in [9.17, 15) is 4.79 Å². The van der Waals surface area contributed by atoms with E-state index in [4.69, 9.17) is 28.2 Å². The van der Waals surface area contributed by atoms with Crippen molar-refractivity contribution >= 4 is 45.3 Å². The Labute approximate surface area is 177 Å². The van der Waals surface area contributed by atoms with E-state index >= 15 is 0 Å². The Bertz CT molecular complexity index is 1300. The van der Waals surface area contributed by atoms with Crippen LogP contribution in [0.3, 0.4) is 0 Å². The predicted octanol–water partition coefficient (Wildman–Crippen LogP) is 3.82. The molecule has 1 fully saturated rings. The number of nitrogens with zero attached hydrogens (tertiary/aromatic N) is 5. The molecule has 154 valence electrons. The summed E-state index contributed by atoms with van der Waals surface area (Å²) in [5.74, 6) is -0.114. The molecule has 4 N–H and O–H groups in total. The molecule has 0 aliphatic heterocycles. The van der Waals surface area contributed by atoms with Gasteiger partial charge in [-0.15, -0.1) is 0 Å². The first kappa shape index (κ1) is 18.9. The fourth-order valence-electron chi connectivity index (χ4n) is 4.55. The molecule has 30 heavy (non-hydrogen) atoms. The van der Waals surface area contributed by atoms with Crippen LogP contribution in [0.4, 0.5) is 5.82 Å². The molecule has 0 unspecified atom stereocenters. The number of anilines is 1. The highest BCUT2D eigenvalue weighted by Crippen LogP contribution is 2.41. The maximum absolute atomic E-state index is 11.6. The minimum absolute atomic E-state index is 0.277. The lowest BCUT2D eigenvalue weighted by atomic mass is 9.96. The van der Waals surface area contributed by atoms with Crippen LogP contribution in [0.15, 0.2) is 24.5 Å². The summed E-state index contributed by atoms with van der Waals surface area (Å²) in [4.78, 5) is 20.4. The van der Waals surface area contributed by atoms with Gasteiger partial charge in [0, 0.05) is 18.0 Å². The Morgan fingerprint density at radius 2 is 1.97 bits per heavy atom. The number of hydrogen-bond acceptors (Lipinski definition) is 5. The minimum atomic E-state index is -0.486. The normalized spacial score (nSPS) is 15.3. The second-order valence-electron chi connectivity index (χ2n) is 7.86. The summed E-state index contributed by atoms with van der Waals surface area (Å²) >= 11 is 6.81. The summed E-state index contributed by atoms with van der Waals surface area (Å²) in [6.07, 6.45) is 7.19. The maximum atomic E-state index is 11.6. The zero-order valence-electron chi connectivity index (χ0n) is 16.6. The second-order valence-corrected chi connectivity index (χ2v) is 8.24. The standard InChI is InChI=1S/C21H22ClN7O/c1-28-14-9-11(20(24)30)7-8-13(14)16(22)18(28)17-15-19(23)25-10-26-21(15)29(27-17)12-5-3-2-4-6-12/h7-10,12H,2-6H2,1H3,(H2,24,30)(H2,23,25,26). The van der Waals surface area contributed by atoms with Gasteiger partial charge in [-0.3, -0.25) is 4.79 Å². The molecular formula is C21H22ClN7O. The molecule has 5 rings (SSSR count). The van der Waals surface area contributed by atoms with Crippen LogP contribution in [0, 0.1) is 0 Å². The summed E-state index contributed by atoms with van der Waals surface area (Å²) in [5.41, 5.74) is 15.0. The zero-order chi connectivity index (χ0) is 21.0. The van der Waals surface area contributed by atoms with Crippen LogP contribution >= 0.6 is 11.6 Å². The summed E-state index contributed by atoms with van der Waals surface area (Å²) < 4.78 is 3.91. The van der Waals surface area contributed by atoms with Crippen molar-refractivity contribution in [3.05, 3.63) is 35.1 Å². The van der Waals surface area contributed by atoms with Crippen LogP contribution in [0.1, 0.15) is 48.5 Å². The lowest BCUT2D eigenvalue weighted by Gasteiger charge is -2.22. The van der Waals surface area contributed by atoms with Gasteiger partial charge in [0.05, 0.1) is 27.7 Å². The van der Waals surface area contributed by atoms with E-state index in [1.165, 1.54) is 25.6 Å². The molecule has 1 saturated carbocycles. The molecule has 1 aliphatic rings. The molecule has 0 atom stereocenters.